The van der Waals surface area contributed by atoms with Crippen molar-refractivity contribution in [3.8, 4) is 5.75 Å². The second-order valence-corrected chi connectivity index (χ2v) is 4.98. The fourth-order valence-corrected chi connectivity index (χ4v) is 1.89. The molecule has 0 spiro atoms. The van der Waals surface area contributed by atoms with Gasteiger partial charge < -0.3 is 4.74 Å². The quantitative estimate of drug-likeness (QED) is 0.634. The second-order valence-electron chi connectivity index (χ2n) is 4.98. The summed E-state index contributed by atoms with van der Waals surface area (Å²) in [6, 6.07) is 9.73. The lowest BCUT2D eigenvalue weighted by molar-refractivity contribution is -0.387. The number of nitrogens with one attached hydrogen (secondary N) is 2. The molecular weight excluding hydrogens is 333 g/mol. The van der Waals surface area contributed by atoms with Crippen LogP contribution < -0.4 is 15.6 Å². The van der Waals surface area contributed by atoms with Crippen molar-refractivity contribution >= 4 is 17.5 Å². The van der Waals surface area contributed by atoms with Gasteiger partial charge in [-0.15, -0.1) is 0 Å². The number of nitrogens with zero attached hydrogens (tertiary/aromatic N) is 1. The summed E-state index contributed by atoms with van der Waals surface area (Å²) in [7, 11) is 0. The van der Waals surface area contributed by atoms with Gasteiger partial charge in [-0.3, -0.25) is 30.6 Å². The van der Waals surface area contributed by atoms with E-state index in [1.54, 1.807) is 12.1 Å². The van der Waals surface area contributed by atoms with E-state index in [0.29, 0.717) is 5.75 Å². The van der Waals surface area contributed by atoms with Crippen LogP contribution in [0.2, 0.25) is 0 Å². The van der Waals surface area contributed by atoms with E-state index in [9.17, 15) is 24.1 Å². The van der Waals surface area contributed by atoms with Gasteiger partial charge in [0.25, 0.3) is 11.8 Å². The van der Waals surface area contributed by atoms with Crippen molar-refractivity contribution in [2.75, 3.05) is 6.61 Å². The minimum Gasteiger partial charge on any atom is -0.483 e. The molecule has 2 aromatic rings. The molecule has 2 amide bonds. The summed E-state index contributed by atoms with van der Waals surface area (Å²) >= 11 is 0. The Morgan fingerprint density at radius 1 is 1.20 bits per heavy atom. The third-order valence-corrected chi connectivity index (χ3v) is 3.17. The van der Waals surface area contributed by atoms with Gasteiger partial charge in [-0.05, 0) is 30.7 Å². The molecule has 2 aromatic carbocycles. The number of nitro benzene ring substituents is 1. The Kier molecular flexibility index (Phi) is 5.62. The lowest BCUT2D eigenvalue weighted by Gasteiger charge is -2.10. The molecule has 0 aliphatic rings. The zero-order valence-electron chi connectivity index (χ0n) is 13.1. The molecule has 2 N–H and O–H groups in total. The molecule has 0 saturated heterocycles. The van der Waals surface area contributed by atoms with Crippen LogP contribution in [-0.4, -0.2) is 23.3 Å². The maximum atomic E-state index is 13.2. The van der Waals surface area contributed by atoms with Gasteiger partial charge in [-0.2, -0.15) is 4.39 Å². The zero-order valence-corrected chi connectivity index (χ0v) is 13.1. The number of hydrogen-bond donors (Lipinski definition) is 2. The van der Waals surface area contributed by atoms with Gasteiger partial charge in [0.05, 0.1) is 4.92 Å². The molecule has 130 valence electrons. The Morgan fingerprint density at radius 3 is 2.60 bits per heavy atom. The monoisotopic (exact) mass is 347 g/mol. The maximum Gasteiger partial charge on any atom is 0.305 e. The third-order valence-electron chi connectivity index (χ3n) is 3.17. The third kappa shape index (κ3) is 4.74. The lowest BCUT2D eigenvalue weighted by atomic mass is 10.2. The van der Waals surface area contributed by atoms with Crippen molar-refractivity contribution in [3.63, 3.8) is 0 Å². The Bertz CT molecular complexity index is 825. The van der Waals surface area contributed by atoms with E-state index >= 15 is 0 Å². The van der Waals surface area contributed by atoms with Crippen molar-refractivity contribution < 1.29 is 23.6 Å². The van der Waals surface area contributed by atoms with Crippen molar-refractivity contribution in [2.45, 2.75) is 6.92 Å². The average Bonchev–Trinajstić information content (AvgIpc) is 2.59. The average molecular weight is 347 g/mol. The summed E-state index contributed by atoms with van der Waals surface area (Å²) < 4.78 is 18.5. The van der Waals surface area contributed by atoms with Crippen molar-refractivity contribution in [1.29, 1.82) is 0 Å². The van der Waals surface area contributed by atoms with Gasteiger partial charge in [0.15, 0.2) is 6.61 Å². The minimum absolute atomic E-state index is 0.173. The van der Waals surface area contributed by atoms with Crippen LogP contribution in [0, 0.1) is 22.9 Å². The van der Waals surface area contributed by atoms with E-state index in [1.165, 1.54) is 0 Å². The topological polar surface area (TPSA) is 111 Å². The highest BCUT2D eigenvalue weighted by Crippen LogP contribution is 2.18. The number of nitro groups is 1. The fourth-order valence-electron chi connectivity index (χ4n) is 1.89. The molecule has 0 heterocycles. The number of hydrazine groups is 1. The molecule has 0 aliphatic carbocycles. The number of halogens is 1. The molecule has 0 aromatic heterocycles. The summed E-state index contributed by atoms with van der Waals surface area (Å²) in [6.07, 6.45) is 0. The number of ether oxygens (including phenoxy) is 1. The van der Waals surface area contributed by atoms with Crippen LogP contribution in [0.25, 0.3) is 0 Å². The van der Waals surface area contributed by atoms with Crippen LogP contribution in [-0.2, 0) is 4.79 Å². The molecule has 0 saturated carbocycles. The SMILES string of the molecule is Cc1ccccc1OCC(=O)NNC(=O)c1ccc(F)c([N+](=O)[O-])c1. The van der Waals surface area contributed by atoms with Crippen molar-refractivity contribution in [1.82, 2.24) is 10.9 Å². The largest absolute Gasteiger partial charge is 0.483 e. The molecule has 0 unspecified atom stereocenters. The number of carbonyl (C=O) groups excluding carboxylic acids is 2. The molecule has 0 bridgehead atoms. The normalized spacial score (nSPS) is 10.0. The number of carbonyl (C=O) groups is 2. The van der Waals surface area contributed by atoms with E-state index in [0.717, 1.165) is 23.8 Å². The minimum atomic E-state index is -1.06. The van der Waals surface area contributed by atoms with Crippen LogP contribution >= 0.6 is 0 Å². The molecule has 8 nitrogen and oxygen atoms in total. The summed E-state index contributed by atoms with van der Waals surface area (Å²) in [5.41, 5.74) is 4.02. The number of hydrogen-bond acceptors (Lipinski definition) is 5. The Morgan fingerprint density at radius 2 is 1.92 bits per heavy atom. The van der Waals surface area contributed by atoms with Gasteiger partial charge in [-0.25, -0.2) is 0 Å². The van der Waals surface area contributed by atoms with Gasteiger partial charge in [0.2, 0.25) is 5.82 Å². The molecule has 0 atom stereocenters. The Hall–Kier alpha value is -3.49. The predicted molar refractivity (Wildman–Crippen MR) is 85.3 cm³/mol. The molecule has 9 heteroatoms. The van der Waals surface area contributed by atoms with Crippen LogP contribution in [0.3, 0.4) is 0 Å². The summed E-state index contributed by atoms with van der Waals surface area (Å²) in [6.45, 7) is 1.48. The molecular formula is C16H14FN3O5. The Labute approximate surface area is 141 Å². The van der Waals surface area contributed by atoms with E-state index in [2.05, 4.69) is 10.9 Å². The lowest BCUT2D eigenvalue weighted by Crippen LogP contribution is -2.43. The van der Waals surface area contributed by atoms with Gasteiger partial charge in [0.1, 0.15) is 5.75 Å². The molecule has 0 aliphatic heterocycles. The second kappa shape index (κ2) is 7.86. The first-order valence-corrected chi connectivity index (χ1v) is 7.10. The van der Waals surface area contributed by atoms with Gasteiger partial charge >= 0.3 is 5.69 Å². The number of amides is 2. The van der Waals surface area contributed by atoms with Gasteiger partial charge in [-0.1, -0.05) is 18.2 Å². The summed E-state index contributed by atoms with van der Waals surface area (Å²) in [5, 5.41) is 10.7. The predicted octanol–water partition coefficient (Wildman–Crippen LogP) is 1.88. The van der Waals surface area contributed by atoms with Crippen LogP contribution in [0.4, 0.5) is 10.1 Å². The number of rotatable bonds is 5. The zero-order chi connectivity index (χ0) is 18.4. The van der Waals surface area contributed by atoms with Crippen molar-refractivity contribution in [3.05, 3.63) is 69.5 Å². The molecule has 0 radical (unpaired) electrons. The summed E-state index contributed by atoms with van der Waals surface area (Å²) in [4.78, 5) is 33.2. The van der Waals surface area contributed by atoms with Crippen LogP contribution in [0.5, 0.6) is 5.75 Å². The number of para-hydroxylation sites is 1. The first kappa shape index (κ1) is 17.9. The molecule has 25 heavy (non-hydrogen) atoms. The van der Waals surface area contributed by atoms with Crippen LogP contribution in [0.15, 0.2) is 42.5 Å². The Balaban J connectivity index is 1.89. The van der Waals surface area contributed by atoms with E-state index in [4.69, 9.17) is 4.74 Å². The smallest absolute Gasteiger partial charge is 0.305 e. The highest BCUT2D eigenvalue weighted by atomic mass is 19.1. The number of benzene rings is 2. The highest BCUT2D eigenvalue weighted by molar-refractivity contribution is 5.96. The maximum absolute atomic E-state index is 13.2. The first-order valence-electron chi connectivity index (χ1n) is 7.10. The van der Waals surface area contributed by atoms with E-state index < -0.39 is 28.2 Å². The van der Waals surface area contributed by atoms with Gasteiger partial charge in [0, 0.05) is 11.6 Å². The fraction of sp³-hybridized carbons (Fsp3) is 0.125. The summed E-state index contributed by atoms with van der Waals surface area (Å²) in [5.74, 6) is -1.99. The highest BCUT2D eigenvalue weighted by Gasteiger charge is 2.17. The van der Waals surface area contributed by atoms with Crippen LogP contribution in [0.1, 0.15) is 15.9 Å². The standard InChI is InChI=1S/C16H14FN3O5/c1-10-4-2-3-5-14(10)25-9-15(21)18-19-16(22)11-6-7-12(17)13(8-11)20(23)24/h2-8H,9H2,1H3,(H,18,21)(H,19,22). The van der Waals surface area contributed by atoms with E-state index in [1.807, 2.05) is 19.1 Å². The molecule has 0 fully saturated rings. The first-order chi connectivity index (χ1) is 11.9. The molecule has 2 rings (SSSR count). The van der Waals surface area contributed by atoms with Crippen molar-refractivity contribution in [2.24, 2.45) is 0 Å². The van der Waals surface area contributed by atoms with E-state index in [-0.39, 0.29) is 12.2 Å². The number of aryl methyl sites for hydroxylation is 1.